The molecule has 24 heavy (non-hydrogen) atoms. The Morgan fingerprint density at radius 3 is 2.83 bits per heavy atom. The summed E-state index contributed by atoms with van der Waals surface area (Å²) in [7, 11) is -3.79. The molecule has 0 radical (unpaired) electrons. The zero-order valence-electron chi connectivity index (χ0n) is 13.5. The van der Waals surface area contributed by atoms with Gasteiger partial charge in [0.2, 0.25) is 5.91 Å². The molecule has 8 nitrogen and oxygen atoms in total. The SMILES string of the molecule is CCOC(=O)CNC(=O)C1COCCN1S(=O)(=O)c1ccc(C)s1. The Kier molecular flexibility index (Phi) is 6.33. The van der Waals surface area contributed by atoms with Crippen molar-refractivity contribution in [2.45, 2.75) is 24.1 Å². The van der Waals surface area contributed by atoms with E-state index in [0.29, 0.717) is 0 Å². The second-order valence-electron chi connectivity index (χ2n) is 5.09. The molecule has 1 aromatic rings. The van der Waals surface area contributed by atoms with Crippen LogP contribution in [-0.2, 0) is 29.1 Å². The lowest BCUT2D eigenvalue weighted by molar-refractivity contribution is -0.144. The first-order chi connectivity index (χ1) is 11.4. The van der Waals surface area contributed by atoms with Gasteiger partial charge in [0, 0.05) is 11.4 Å². The van der Waals surface area contributed by atoms with Crippen molar-refractivity contribution in [2.75, 3.05) is 32.9 Å². The van der Waals surface area contributed by atoms with Crippen LogP contribution < -0.4 is 5.32 Å². The van der Waals surface area contributed by atoms with Gasteiger partial charge in [-0.3, -0.25) is 9.59 Å². The number of rotatable bonds is 6. The molecule has 1 amide bonds. The van der Waals surface area contributed by atoms with Crippen LogP contribution in [0.3, 0.4) is 0 Å². The van der Waals surface area contributed by atoms with Crippen LogP contribution in [0.25, 0.3) is 0 Å². The number of thiophene rings is 1. The lowest BCUT2D eigenvalue weighted by Crippen LogP contribution is -2.56. The average Bonchev–Trinajstić information content (AvgIpc) is 3.00. The van der Waals surface area contributed by atoms with E-state index in [2.05, 4.69) is 5.32 Å². The normalized spacial score (nSPS) is 19.0. The van der Waals surface area contributed by atoms with E-state index in [0.717, 1.165) is 20.5 Å². The number of nitrogens with one attached hydrogen (secondary N) is 1. The number of amides is 1. The zero-order valence-corrected chi connectivity index (χ0v) is 15.1. The third-order valence-electron chi connectivity index (χ3n) is 3.37. The van der Waals surface area contributed by atoms with Crippen molar-refractivity contribution in [3.05, 3.63) is 17.0 Å². The van der Waals surface area contributed by atoms with Crippen LogP contribution in [0.2, 0.25) is 0 Å². The first kappa shape index (κ1) is 18.8. The average molecular weight is 376 g/mol. The molecule has 1 aromatic heterocycles. The van der Waals surface area contributed by atoms with Crippen LogP contribution in [0, 0.1) is 6.92 Å². The summed E-state index contributed by atoms with van der Waals surface area (Å²) in [5, 5.41) is 2.40. The number of carbonyl (C=O) groups is 2. The van der Waals surface area contributed by atoms with Gasteiger partial charge in [-0.15, -0.1) is 11.3 Å². The number of hydrogen-bond donors (Lipinski definition) is 1. The van der Waals surface area contributed by atoms with E-state index >= 15 is 0 Å². The van der Waals surface area contributed by atoms with E-state index in [-0.39, 0.29) is 37.1 Å². The Bertz CT molecular complexity index is 700. The molecule has 10 heteroatoms. The van der Waals surface area contributed by atoms with Crippen molar-refractivity contribution in [1.82, 2.24) is 9.62 Å². The molecule has 0 aliphatic carbocycles. The Hall–Kier alpha value is -1.49. The maximum Gasteiger partial charge on any atom is 0.325 e. The molecule has 1 saturated heterocycles. The van der Waals surface area contributed by atoms with Crippen LogP contribution >= 0.6 is 11.3 Å². The number of sulfonamides is 1. The minimum Gasteiger partial charge on any atom is -0.465 e. The highest BCUT2D eigenvalue weighted by Crippen LogP contribution is 2.26. The highest BCUT2D eigenvalue weighted by atomic mass is 32.2. The van der Waals surface area contributed by atoms with Crippen molar-refractivity contribution in [3.63, 3.8) is 0 Å². The fourth-order valence-corrected chi connectivity index (χ4v) is 5.21. The standard InChI is InChI=1S/C14H20N2O6S2/c1-3-22-12(17)8-15-14(18)11-9-21-7-6-16(11)24(19,20)13-5-4-10(2)23-13/h4-5,11H,3,6-9H2,1-2H3,(H,15,18). The van der Waals surface area contributed by atoms with Gasteiger partial charge < -0.3 is 14.8 Å². The maximum atomic E-state index is 12.8. The molecule has 1 atom stereocenters. The molecule has 0 spiro atoms. The van der Waals surface area contributed by atoms with E-state index in [1.54, 1.807) is 13.0 Å². The third-order valence-corrected chi connectivity index (χ3v) is 6.75. The molecule has 1 aliphatic rings. The number of nitrogens with zero attached hydrogens (tertiary/aromatic N) is 1. The minimum absolute atomic E-state index is 0.0573. The molecule has 0 aromatic carbocycles. The van der Waals surface area contributed by atoms with Crippen molar-refractivity contribution >= 4 is 33.2 Å². The van der Waals surface area contributed by atoms with Crippen LogP contribution in [0.5, 0.6) is 0 Å². The summed E-state index contributed by atoms with van der Waals surface area (Å²) in [6.45, 7) is 3.60. The second-order valence-corrected chi connectivity index (χ2v) is 8.50. The largest absolute Gasteiger partial charge is 0.465 e. The molecule has 1 aliphatic heterocycles. The monoisotopic (exact) mass is 376 g/mol. The molecule has 0 bridgehead atoms. The lowest BCUT2D eigenvalue weighted by Gasteiger charge is -2.33. The van der Waals surface area contributed by atoms with Gasteiger partial charge in [-0.2, -0.15) is 4.31 Å². The fourth-order valence-electron chi connectivity index (χ4n) is 2.24. The molecule has 2 rings (SSSR count). The Balaban J connectivity index is 2.12. The highest BCUT2D eigenvalue weighted by Gasteiger charge is 2.39. The van der Waals surface area contributed by atoms with Crippen LogP contribution in [-0.4, -0.2) is 63.6 Å². The molecule has 134 valence electrons. The van der Waals surface area contributed by atoms with Crippen LogP contribution in [0.15, 0.2) is 16.3 Å². The smallest absolute Gasteiger partial charge is 0.325 e. The summed E-state index contributed by atoms with van der Waals surface area (Å²) in [6.07, 6.45) is 0. The number of morpholine rings is 1. The van der Waals surface area contributed by atoms with Gasteiger partial charge in [-0.05, 0) is 26.0 Å². The number of aryl methyl sites for hydroxylation is 1. The van der Waals surface area contributed by atoms with Gasteiger partial charge in [0.15, 0.2) is 0 Å². The van der Waals surface area contributed by atoms with Gasteiger partial charge in [-0.1, -0.05) is 0 Å². The first-order valence-corrected chi connectivity index (χ1v) is 9.71. The van der Waals surface area contributed by atoms with E-state index in [9.17, 15) is 18.0 Å². The van der Waals surface area contributed by atoms with Crippen LogP contribution in [0.1, 0.15) is 11.8 Å². The van der Waals surface area contributed by atoms with Crippen molar-refractivity contribution in [1.29, 1.82) is 0 Å². The molecule has 2 heterocycles. The summed E-state index contributed by atoms with van der Waals surface area (Å²) >= 11 is 1.15. The summed E-state index contributed by atoms with van der Waals surface area (Å²) < 4.78 is 36.8. The van der Waals surface area contributed by atoms with Crippen LogP contribution in [0.4, 0.5) is 0 Å². The number of hydrogen-bond acceptors (Lipinski definition) is 7. The van der Waals surface area contributed by atoms with Crippen molar-refractivity contribution in [2.24, 2.45) is 0 Å². The molecule has 1 fully saturated rings. The summed E-state index contributed by atoms with van der Waals surface area (Å²) in [4.78, 5) is 24.5. The minimum atomic E-state index is -3.79. The van der Waals surface area contributed by atoms with Gasteiger partial charge in [0.25, 0.3) is 10.0 Å². The molecule has 1 unspecified atom stereocenters. The molecular formula is C14H20N2O6S2. The first-order valence-electron chi connectivity index (χ1n) is 7.45. The Morgan fingerprint density at radius 2 is 2.21 bits per heavy atom. The summed E-state index contributed by atoms with van der Waals surface area (Å²) in [5.41, 5.74) is 0. The zero-order chi connectivity index (χ0) is 17.7. The number of ether oxygens (including phenoxy) is 2. The van der Waals surface area contributed by atoms with Crippen molar-refractivity contribution < 1.29 is 27.5 Å². The lowest BCUT2D eigenvalue weighted by atomic mass is 10.2. The Morgan fingerprint density at radius 1 is 1.46 bits per heavy atom. The second kappa shape index (κ2) is 8.06. The summed E-state index contributed by atoms with van der Waals surface area (Å²) in [5.74, 6) is -1.16. The van der Waals surface area contributed by atoms with Gasteiger partial charge in [0.1, 0.15) is 16.8 Å². The predicted molar refractivity (Wildman–Crippen MR) is 87.2 cm³/mol. The topological polar surface area (TPSA) is 102 Å². The van der Waals surface area contributed by atoms with E-state index in [1.807, 2.05) is 6.92 Å². The van der Waals surface area contributed by atoms with Gasteiger partial charge in [0.05, 0.1) is 19.8 Å². The highest BCUT2D eigenvalue weighted by molar-refractivity contribution is 7.91. The quantitative estimate of drug-likeness (QED) is 0.708. The van der Waals surface area contributed by atoms with Gasteiger partial charge in [-0.25, -0.2) is 8.42 Å². The number of carbonyl (C=O) groups excluding carboxylic acids is 2. The molecule has 0 saturated carbocycles. The predicted octanol–water partition coefficient (Wildman–Crippen LogP) is 0.125. The fraction of sp³-hybridized carbons (Fsp3) is 0.571. The van der Waals surface area contributed by atoms with Gasteiger partial charge >= 0.3 is 5.97 Å². The summed E-state index contributed by atoms with van der Waals surface area (Å²) in [6, 6.07) is 2.23. The van der Waals surface area contributed by atoms with E-state index < -0.39 is 27.9 Å². The third kappa shape index (κ3) is 4.32. The Labute approximate surface area is 144 Å². The van der Waals surface area contributed by atoms with E-state index in [1.165, 1.54) is 6.07 Å². The maximum absolute atomic E-state index is 12.8. The molecule has 1 N–H and O–H groups in total. The van der Waals surface area contributed by atoms with E-state index in [4.69, 9.17) is 9.47 Å². The van der Waals surface area contributed by atoms with Crippen molar-refractivity contribution in [3.8, 4) is 0 Å². The molecular weight excluding hydrogens is 356 g/mol. The number of esters is 1.